The zero-order valence-electron chi connectivity index (χ0n) is 18.6. The molecule has 1 aromatic carbocycles. The van der Waals surface area contributed by atoms with E-state index in [1.807, 2.05) is 13.0 Å². The van der Waals surface area contributed by atoms with E-state index < -0.39 is 0 Å². The quantitative estimate of drug-likeness (QED) is 0.742. The third-order valence-electron chi connectivity index (χ3n) is 7.29. The number of hydrogen-bond acceptors (Lipinski definition) is 5. The van der Waals surface area contributed by atoms with Crippen molar-refractivity contribution in [3.05, 3.63) is 52.9 Å². The fraction of sp³-hybridized carbons (Fsp3) is 0.583. The van der Waals surface area contributed by atoms with Crippen LogP contribution in [0.2, 0.25) is 0 Å². The molecular formula is C24H32FN5O2. The largest absolute Gasteiger partial charge is 0.446 e. The molecule has 0 spiro atoms. The van der Waals surface area contributed by atoms with Crippen LogP contribution in [0.25, 0.3) is 0 Å². The summed E-state index contributed by atoms with van der Waals surface area (Å²) >= 11 is 0. The molecule has 2 unspecified atom stereocenters. The number of rotatable bonds is 5. The number of nitrogens with one attached hydrogen (secondary N) is 1. The van der Waals surface area contributed by atoms with Crippen LogP contribution in [0.1, 0.15) is 60.9 Å². The van der Waals surface area contributed by atoms with Crippen molar-refractivity contribution in [2.75, 3.05) is 13.1 Å². The van der Waals surface area contributed by atoms with Crippen LogP contribution in [-0.2, 0) is 17.7 Å². The van der Waals surface area contributed by atoms with Crippen LogP contribution in [0.5, 0.6) is 0 Å². The second kappa shape index (κ2) is 8.83. The number of hydrogen-bond donors (Lipinski definition) is 2. The third-order valence-corrected chi connectivity index (χ3v) is 7.29. The molecule has 2 bridgehead atoms. The zero-order chi connectivity index (χ0) is 22.2. The number of carbonyl (C=O) groups is 1. The first-order valence-corrected chi connectivity index (χ1v) is 11.7. The standard InChI is InChI=1S/C24H32FN5O2/c1-15-27-22-8-9-29(14-23(22)28-15)24(31)32-20-12-18-5-6-19(13-20)30(18)10-7-21(26)16-3-2-4-17(25)11-16/h2-4,11,18-21H,5-10,12-14,26H2,1H3,(H,27,28)/t18?,19?,20?,21-/m0/s1. The highest BCUT2D eigenvalue weighted by Crippen LogP contribution is 2.37. The molecule has 0 aliphatic carbocycles. The molecule has 0 saturated carbocycles. The van der Waals surface area contributed by atoms with Crippen LogP contribution >= 0.6 is 0 Å². The first-order valence-electron chi connectivity index (χ1n) is 11.7. The molecule has 4 heterocycles. The molecule has 8 heteroatoms. The highest BCUT2D eigenvalue weighted by Gasteiger charge is 2.42. The van der Waals surface area contributed by atoms with E-state index >= 15 is 0 Å². The number of piperidine rings is 1. The Balaban J connectivity index is 1.13. The molecular weight excluding hydrogens is 409 g/mol. The van der Waals surface area contributed by atoms with E-state index in [4.69, 9.17) is 10.5 Å². The molecule has 3 N–H and O–H groups in total. The monoisotopic (exact) mass is 441 g/mol. The van der Waals surface area contributed by atoms with Crippen molar-refractivity contribution in [1.82, 2.24) is 19.8 Å². The highest BCUT2D eigenvalue weighted by atomic mass is 19.1. The van der Waals surface area contributed by atoms with Gasteiger partial charge in [-0.15, -0.1) is 0 Å². The number of ether oxygens (including phenoxy) is 1. The van der Waals surface area contributed by atoms with Gasteiger partial charge in [0, 0.05) is 50.5 Å². The fourth-order valence-corrected chi connectivity index (χ4v) is 5.69. The van der Waals surface area contributed by atoms with Crippen LogP contribution in [0.15, 0.2) is 24.3 Å². The summed E-state index contributed by atoms with van der Waals surface area (Å²) in [5.74, 6) is 0.652. The van der Waals surface area contributed by atoms with E-state index in [0.717, 1.165) is 67.8 Å². The predicted molar refractivity (Wildman–Crippen MR) is 118 cm³/mol. The number of aromatic amines is 1. The Kier molecular flexibility index (Phi) is 5.90. The summed E-state index contributed by atoms with van der Waals surface area (Å²) < 4.78 is 19.4. The number of H-pyrrole nitrogens is 1. The molecule has 172 valence electrons. The van der Waals surface area contributed by atoms with E-state index in [0.29, 0.717) is 25.2 Å². The van der Waals surface area contributed by atoms with Crippen molar-refractivity contribution < 1.29 is 13.9 Å². The summed E-state index contributed by atoms with van der Waals surface area (Å²) in [5.41, 5.74) is 9.26. The van der Waals surface area contributed by atoms with Gasteiger partial charge in [0.15, 0.2) is 0 Å². The molecule has 1 amide bonds. The summed E-state index contributed by atoms with van der Waals surface area (Å²) in [6.45, 7) is 4.02. The Morgan fingerprint density at radius 3 is 2.88 bits per heavy atom. The number of carbonyl (C=O) groups excluding carboxylic acids is 1. The normalized spacial score (nSPS) is 26.1. The number of aromatic nitrogens is 2. The number of amides is 1. The van der Waals surface area contributed by atoms with E-state index in [-0.39, 0.29) is 24.1 Å². The molecule has 32 heavy (non-hydrogen) atoms. The molecule has 1 aromatic heterocycles. The van der Waals surface area contributed by atoms with Gasteiger partial charge in [-0.05, 0) is 43.9 Å². The summed E-state index contributed by atoms with van der Waals surface area (Å²) in [7, 11) is 0. The van der Waals surface area contributed by atoms with Crippen molar-refractivity contribution in [3.8, 4) is 0 Å². The molecule has 2 aromatic rings. The first kappa shape index (κ1) is 21.4. The van der Waals surface area contributed by atoms with Crippen LogP contribution in [0, 0.1) is 12.7 Å². The SMILES string of the molecule is Cc1nc2c([nH]1)CN(C(=O)OC1CC3CCC(C1)N3CC[C@H](N)c1cccc(F)c1)CC2. The van der Waals surface area contributed by atoms with Gasteiger partial charge in [0.25, 0.3) is 0 Å². The minimum Gasteiger partial charge on any atom is -0.446 e. The smallest absolute Gasteiger partial charge is 0.410 e. The lowest BCUT2D eigenvalue weighted by Gasteiger charge is -2.39. The Bertz CT molecular complexity index is 965. The average Bonchev–Trinajstić information content (AvgIpc) is 3.26. The Morgan fingerprint density at radius 1 is 1.34 bits per heavy atom. The number of imidazole rings is 1. The van der Waals surface area contributed by atoms with Crippen molar-refractivity contribution in [3.63, 3.8) is 0 Å². The van der Waals surface area contributed by atoms with Gasteiger partial charge in [-0.1, -0.05) is 12.1 Å². The summed E-state index contributed by atoms with van der Waals surface area (Å²) in [5, 5.41) is 0. The Morgan fingerprint density at radius 2 is 2.12 bits per heavy atom. The maximum Gasteiger partial charge on any atom is 0.410 e. The van der Waals surface area contributed by atoms with Gasteiger partial charge >= 0.3 is 6.09 Å². The van der Waals surface area contributed by atoms with Gasteiger partial charge in [-0.3, -0.25) is 4.90 Å². The van der Waals surface area contributed by atoms with Gasteiger partial charge in [0.2, 0.25) is 0 Å². The van der Waals surface area contributed by atoms with E-state index in [2.05, 4.69) is 14.9 Å². The van der Waals surface area contributed by atoms with E-state index in [9.17, 15) is 9.18 Å². The lowest BCUT2D eigenvalue weighted by atomic mass is 9.98. The average molecular weight is 442 g/mol. The zero-order valence-corrected chi connectivity index (χ0v) is 18.6. The van der Waals surface area contributed by atoms with Gasteiger partial charge < -0.3 is 20.4 Å². The summed E-state index contributed by atoms with van der Waals surface area (Å²) in [6.07, 6.45) is 5.33. The van der Waals surface area contributed by atoms with Crippen molar-refractivity contribution in [2.24, 2.45) is 5.73 Å². The predicted octanol–water partition coefficient (Wildman–Crippen LogP) is 3.44. The molecule has 5 rings (SSSR count). The van der Waals surface area contributed by atoms with Gasteiger partial charge in [0.05, 0.1) is 17.9 Å². The lowest BCUT2D eigenvalue weighted by Crippen LogP contribution is -2.48. The summed E-state index contributed by atoms with van der Waals surface area (Å²) in [6, 6.07) is 7.26. The molecule has 0 radical (unpaired) electrons. The maximum atomic E-state index is 13.5. The molecule has 2 saturated heterocycles. The van der Waals surface area contributed by atoms with Gasteiger partial charge in [-0.25, -0.2) is 14.2 Å². The Hall–Kier alpha value is -2.45. The lowest BCUT2D eigenvalue weighted by molar-refractivity contribution is 0.000420. The third kappa shape index (κ3) is 4.38. The molecule has 3 aliphatic heterocycles. The number of fused-ring (bicyclic) bond motifs is 3. The number of nitrogens with two attached hydrogens (primary N) is 1. The van der Waals surface area contributed by atoms with Crippen LogP contribution in [-0.4, -0.2) is 57.1 Å². The number of nitrogens with zero attached hydrogens (tertiary/aromatic N) is 3. The van der Waals surface area contributed by atoms with Crippen LogP contribution in [0.4, 0.5) is 9.18 Å². The van der Waals surface area contributed by atoms with Crippen molar-refractivity contribution >= 4 is 6.09 Å². The minimum absolute atomic E-state index is 0.0296. The van der Waals surface area contributed by atoms with E-state index in [1.54, 1.807) is 11.0 Å². The second-order valence-electron chi connectivity index (χ2n) is 9.47. The van der Waals surface area contributed by atoms with Crippen molar-refractivity contribution in [2.45, 2.75) is 76.2 Å². The number of benzene rings is 1. The van der Waals surface area contributed by atoms with E-state index in [1.165, 1.54) is 12.1 Å². The topological polar surface area (TPSA) is 87.5 Å². The van der Waals surface area contributed by atoms with Crippen molar-refractivity contribution in [1.29, 1.82) is 0 Å². The molecule has 2 fully saturated rings. The number of halogens is 1. The fourth-order valence-electron chi connectivity index (χ4n) is 5.69. The highest BCUT2D eigenvalue weighted by molar-refractivity contribution is 5.68. The Labute approximate surface area is 188 Å². The maximum absolute atomic E-state index is 13.5. The van der Waals surface area contributed by atoms with Gasteiger partial charge in [0.1, 0.15) is 17.7 Å². The summed E-state index contributed by atoms with van der Waals surface area (Å²) in [4.78, 5) is 24.9. The van der Waals surface area contributed by atoms with Crippen LogP contribution in [0.3, 0.4) is 0 Å². The second-order valence-corrected chi connectivity index (χ2v) is 9.47. The van der Waals surface area contributed by atoms with Gasteiger partial charge in [-0.2, -0.15) is 0 Å². The van der Waals surface area contributed by atoms with Crippen LogP contribution < -0.4 is 5.73 Å². The number of aryl methyl sites for hydroxylation is 1. The molecule has 7 nitrogen and oxygen atoms in total. The first-order chi connectivity index (χ1) is 15.5. The molecule has 3 atom stereocenters. The molecule has 3 aliphatic rings. The minimum atomic E-state index is -0.242.